The molecule has 14 heteroatoms. The van der Waals surface area contributed by atoms with E-state index in [4.69, 9.17) is 26.6 Å². The number of carboxylic acids is 2. The van der Waals surface area contributed by atoms with Gasteiger partial charge in [-0.25, -0.2) is 13.2 Å². The highest BCUT2D eigenvalue weighted by Gasteiger charge is 2.35. The number of aliphatic carboxylic acids is 2. The third kappa shape index (κ3) is 9.46. The maximum absolute atomic E-state index is 13.8. The molecule has 0 saturated carbocycles. The number of pyridine rings is 1. The third-order valence-corrected chi connectivity index (χ3v) is 8.28. The van der Waals surface area contributed by atoms with Crippen molar-refractivity contribution in [2.75, 3.05) is 4.31 Å². The molecule has 0 radical (unpaired) electrons. The van der Waals surface area contributed by atoms with E-state index in [2.05, 4.69) is 4.98 Å². The zero-order valence-electron chi connectivity index (χ0n) is 25.0. The van der Waals surface area contributed by atoms with Gasteiger partial charge in [-0.05, 0) is 49.8 Å². The van der Waals surface area contributed by atoms with Gasteiger partial charge in [-0.2, -0.15) is 0 Å². The van der Waals surface area contributed by atoms with E-state index in [-0.39, 0.29) is 4.90 Å². The average molecular weight is 627 g/mol. The van der Waals surface area contributed by atoms with Crippen LogP contribution in [-0.4, -0.2) is 70.7 Å². The van der Waals surface area contributed by atoms with Crippen LogP contribution in [0.4, 0.5) is 5.69 Å². The van der Waals surface area contributed by atoms with Crippen molar-refractivity contribution in [1.82, 2.24) is 4.98 Å². The molecule has 0 spiro atoms. The average Bonchev–Trinajstić information content (AvgIpc) is 2.97. The van der Waals surface area contributed by atoms with E-state index in [0.717, 1.165) is 9.69 Å². The number of hydrogen-bond acceptors (Lipinski definition) is 9. The number of fused-ring (bicyclic) bond motifs is 2. The largest absolute Gasteiger partial charge is 0.480 e. The van der Waals surface area contributed by atoms with Gasteiger partial charge in [0.1, 0.15) is 17.0 Å². The summed E-state index contributed by atoms with van der Waals surface area (Å²) in [7, 11) is -5.59. The molecule has 4 aromatic rings. The summed E-state index contributed by atoms with van der Waals surface area (Å²) in [5, 5.41) is 36.7. The minimum Gasteiger partial charge on any atom is -0.480 e. The molecule has 4 rings (SSSR count). The third-order valence-electron chi connectivity index (χ3n) is 6.36. The fourth-order valence-corrected chi connectivity index (χ4v) is 5.91. The van der Waals surface area contributed by atoms with Gasteiger partial charge in [0, 0.05) is 22.9 Å². The normalized spacial score (nSPS) is 13.1. The summed E-state index contributed by atoms with van der Waals surface area (Å²) in [6, 6.07) is 18.8. The van der Waals surface area contributed by atoms with Crippen LogP contribution in [0.2, 0.25) is 0 Å². The van der Waals surface area contributed by atoms with E-state index < -0.39 is 47.1 Å². The van der Waals surface area contributed by atoms with Crippen LogP contribution in [0.3, 0.4) is 0 Å². The highest BCUT2D eigenvalue weighted by atomic mass is 32.2. The number of anilines is 1. The van der Waals surface area contributed by atoms with E-state index in [1.165, 1.54) is 26.1 Å². The van der Waals surface area contributed by atoms with Gasteiger partial charge in [-0.15, -0.1) is 0 Å². The van der Waals surface area contributed by atoms with Gasteiger partial charge < -0.3 is 31.7 Å². The first-order valence-electron chi connectivity index (χ1n) is 13.8. The van der Waals surface area contributed by atoms with Crippen molar-refractivity contribution >= 4 is 56.4 Å². The Labute approximate surface area is 257 Å². The smallest absolute Gasteiger partial charge is 0.469 e. The summed E-state index contributed by atoms with van der Waals surface area (Å²) in [5.41, 5.74) is 10.8. The van der Waals surface area contributed by atoms with E-state index in [9.17, 15) is 23.1 Å². The second-order valence-corrected chi connectivity index (χ2v) is 12.3. The molecule has 3 aromatic carbocycles. The molecule has 12 nitrogen and oxygen atoms in total. The molecule has 0 saturated heterocycles. The van der Waals surface area contributed by atoms with Crippen LogP contribution in [0, 0.1) is 5.92 Å². The second-order valence-electron chi connectivity index (χ2n) is 10.5. The Hall–Kier alpha value is -4.08. The topological polar surface area (TPSA) is 217 Å². The zero-order chi connectivity index (χ0) is 33.2. The van der Waals surface area contributed by atoms with Gasteiger partial charge in [0.15, 0.2) is 0 Å². The standard InChI is InChI=1S/C22H18N2O4S.C5H14BNO2.C3H7NO2/c1-15(22(25)26)24(19-12-4-8-16-7-2-3-11-18(16)19)29(27,28)20-13-5-9-17-10-6-14-23-21(17)20;1-4(2)3-5(7)6(8)9;1-2(4)3(5)6/h2-15H,1H3,(H,25,26);4-5,8-9H,3,7H2,1-2H3;2H,4H2,1H3,(H,5,6)/t15-;5-;2-/m000/s1. The number of nitrogens with two attached hydrogens (primary N) is 2. The predicted molar refractivity (Wildman–Crippen MR) is 171 cm³/mol. The zero-order valence-corrected chi connectivity index (χ0v) is 25.8. The number of nitrogens with zero attached hydrogens (tertiary/aromatic N) is 2. The van der Waals surface area contributed by atoms with Gasteiger partial charge >= 0.3 is 19.1 Å². The van der Waals surface area contributed by atoms with Gasteiger partial charge in [-0.1, -0.05) is 68.4 Å². The molecule has 0 aliphatic heterocycles. The molecular weight excluding hydrogens is 587 g/mol. The number of benzene rings is 3. The van der Waals surface area contributed by atoms with Crippen LogP contribution in [0.1, 0.15) is 34.1 Å². The molecule has 236 valence electrons. The predicted octanol–water partition coefficient (Wildman–Crippen LogP) is 2.85. The Morgan fingerprint density at radius 1 is 0.841 bits per heavy atom. The monoisotopic (exact) mass is 626 g/mol. The quantitative estimate of drug-likeness (QED) is 0.148. The number of carboxylic acid groups (broad SMARTS) is 2. The Morgan fingerprint density at radius 2 is 1.39 bits per heavy atom. The van der Waals surface area contributed by atoms with Gasteiger partial charge in [0.05, 0.1) is 11.2 Å². The van der Waals surface area contributed by atoms with Crippen LogP contribution >= 0.6 is 0 Å². The van der Waals surface area contributed by atoms with E-state index >= 15 is 0 Å². The fourth-order valence-electron chi connectivity index (χ4n) is 4.10. The summed E-state index contributed by atoms with van der Waals surface area (Å²) in [4.78, 5) is 25.6. The molecule has 0 aliphatic rings. The number of rotatable bonds is 9. The van der Waals surface area contributed by atoms with Gasteiger partial charge in [0.2, 0.25) is 0 Å². The Kier molecular flexibility index (Phi) is 13.2. The molecule has 1 aromatic heterocycles. The molecule has 0 unspecified atom stereocenters. The van der Waals surface area contributed by atoms with Crippen LogP contribution in [0.25, 0.3) is 21.7 Å². The highest BCUT2D eigenvalue weighted by Crippen LogP contribution is 2.34. The number of hydrogen-bond donors (Lipinski definition) is 6. The molecule has 3 atom stereocenters. The Bertz CT molecular complexity index is 1660. The van der Waals surface area contributed by atoms with Gasteiger partial charge in [0.25, 0.3) is 10.0 Å². The minimum atomic E-state index is -4.23. The lowest BCUT2D eigenvalue weighted by Crippen LogP contribution is -2.43. The summed E-state index contributed by atoms with van der Waals surface area (Å²) < 4.78 is 28.5. The Morgan fingerprint density at radius 3 is 1.93 bits per heavy atom. The van der Waals surface area contributed by atoms with E-state index in [0.29, 0.717) is 34.3 Å². The van der Waals surface area contributed by atoms with Crippen LogP contribution < -0.4 is 15.8 Å². The number of aromatic nitrogens is 1. The molecular formula is C30H39BN4O8S. The molecule has 0 amide bonds. The lowest BCUT2D eigenvalue weighted by molar-refractivity contribution is -0.138. The maximum Gasteiger partial charge on any atom is 0.469 e. The summed E-state index contributed by atoms with van der Waals surface area (Å²) in [6.07, 6.45) is 2.17. The van der Waals surface area contributed by atoms with Crippen molar-refractivity contribution in [1.29, 1.82) is 0 Å². The van der Waals surface area contributed by atoms with Crippen LogP contribution in [0.15, 0.2) is 83.9 Å². The first kappa shape index (κ1) is 36.1. The first-order valence-corrected chi connectivity index (χ1v) is 15.2. The van der Waals surface area contributed by atoms with Crippen molar-refractivity contribution < 1.29 is 38.3 Å². The molecule has 0 bridgehead atoms. The van der Waals surface area contributed by atoms with Crippen molar-refractivity contribution in [3.05, 3.63) is 79.0 Å². The first-order chi connectivity index (χ1) is 20.6. The van der Waals surface area contributed by atoms with Crippen molar-refractivity contribution in [2.24, 2.45) is 17.4 Å². The summed E-state index contributed by atoms with van der Waals surface area (Å²) in [6.45, 7) is 6.76. The lowest BCUT2D eigenvalue weighted by atomic mass is 9.76. The van der Waals surface area contributed by atoms with E-state index in [1.807, 2.05) is 32.0 Å². The summed E-state index contributed by atoms with van der Waals surface area (Å²) in [5.74, 6) is -2.28. The second kappa shape index (κ2) is 16.1. The summed E-state index contributed by atoms with van der Waals surface area (Å²) >= 11 is 0. The molecule has 8 N–H and O–H groups in total. The number of carbonyl (C=O) groups is 2. The molecule has 0 aliphatic carbocycles. The highest BCUT2D eigenvalue weighted by molar-refractivity contribution is 7.93. The number of sulfonamides is 1. The van der Waals surface area contributed by atoms with Crippen molar-refractivity contribution in [3.63, 3.8) is 0 Å². The van der Waals surface area contributed by atoms with E-state index in [1.54, 1.807) is 48.5 Å². The lowest BCUT2D eigenvalue weighted by Gasteiger charge is -2.29. The van der Waals surface area contributed by atoms with Gasteiger partial charge in [-0.3, -0.25) is 14.1 Å². The fraction of sp³-hybridized carbons (Fsp3) is 0.300. The maximum atomic E-state index is 13.8. The molecule has 44 heavy (non-hydrogen) atoms. The van der Waals surface area contributed by atoms with Crippen LogP contribution in [0.5, 0.6) is 0 Å². The van der Waals surface area contributed by atoms with Crippen molar-refractivity contribution in [3.8, 4) is 0 Å². The Balaban J connectivity index is 0.000000374. The molecule has 0 fully saturated rings. The minimum absolute atomic E-state index is 0.0309. The van der Waals surface area contributed by atoms with Crippen molar-refractivity contribution in [2.45, 2.75) is 57.0 Å². The number of para-hydroxylation sites is 1. The van der Waals surface area contributed by atoms with Crippen LogP contribution in [-0.2, 0) is 19.6 Å². The SMILES string of the molecule is CC(C)C[C@H](N)B(O)O.C[C@@H](C(=O)O)N(c1cccc2ccccc12)S(=O)(=O)c1cccc2cccnc12.C[C@H](N)C(=O)O. The molecule has 1 heterocycles.